The number of halogens is 1. The van der Waals surface area contributed by atoms with Crippen molar-refractivity contribution in [2.75, 3.05) is 31.7 Å². The van der Waals surface area contributed by atoms with Crippen molar-refractivity contribution in [1.82, 2.24) is 14.9 Å². The molecule has 1 aromatic heterocycles. The number of nitrogen functional groups attached to an aromatic ring is 1. The molecule has 0 aromatic carbocycles. The second kappa shape index (κ2) is 4.78. The van der Waals surface area contributed by atoms with Gasteiger partial charge in [0.25, 0.3) is 0 Å². The molecule has 1 heterocycles. The van der Waals surface area contributed by atoms with Gasteiger partial charge in [0, 0.05) is 12.1 Å². The summed E-state index contributed by atoms with van der Waals surface area (Å²) in [5, 5.41) is 3.36. The molecule has 1 saturated carbocycles. The van der Waals surface area contributed by atoms with E-state index in [1.807, 2.05) is 0 Å². The first-order valence-electron chi connectivity index (χ1n) is 5.72. The lowest BCUT2D eigenvalue weighted by Crippen LogP contribution is -2.54. The van der Waals surface area contributed by atoms with E-state index in [0.717, 1.165) is 16.8 Å². The van der Waals surface area contributed by atoms with E-state index in [1.165, 1.54) is 25.6 Å². The normalized spacial score (nSPS) is 17.9. The minimum Gasteiger partial charge on any atom is -0.383 e. The van der Waals surface area contributed by atoms with Gasteiger partial charge in [-0.3, -0.25) is 0 Å². The fourth-order valence-electron chi connectivity index (χ4n) is 2.12. The molecule has 0 bridgehead atoms. The van der Waals surface area contributed by atoms with E-state index in [2.05, 4.69) is 50.2 Å². The predicted molar refractivity (Wildman–Crippen MR) is 72.9 cm³/mol. The van der Waals surface area contributed by atoms with Crippen molar-refractivity contribution in [2.24, 2.45) is 0 Å². The lowest BCUT2D eigenvalue weighted by atomic mass is 9.75. The van der Waals surface area contributed by atoms with Crippen LogP contribution >= 0.6 is 15.9 Å². The Bertz CT molecular complexity index is 403. The van der Waals surface area contributed by atoms with Crippen LogP contribution in [0.2, 0.25) is 0 Å². The molecule has 0 amide bonds. The zero-order chi connectivity index (χ0) is 12.5. The monoisotopic (exact) mass is 299 g/mol. The standard InChI is InChI=1S/C11H18BrN5/c1-17(2)11(4-3-5-11)6-14-10-8(12)9(13)15-7-16-10/h7H,3-6H2,1-2H3,(H3,13,14,15,16). The summed E-state index contributed by atoms with van der Waals surface area (Å²) in [6.07, 6.45) is 5.23. The van der Waals surface area contributed by atoms with Crippen molar-refractivity contribution in [3.05, 3.63) is 10.8 Å². The molecule has 6 heteroatoms. The molecule has 0 saturated heterocycles. The molecule has 0 radical (unpaired) electrons. The molecule has 94 valence electrons. The molecule has 1 aliphatic carbocycles. The maximum absolute atomic E-state index is 5.72. The molecule has 1 aromatic rings. The van der Waals surface area contributed by atoms with E-state index in [4.69, 9.17) is 5.73 Å². The van der Waals surface area contributed by atoms with Crippen LogP contribution in [-0.2, 0) is 0 Å². The third kappa shape index (κ3) is 2.37. The number of likely N-dealkylation sites (N-methyl/N-ethyl adjacent to an activating group) is 1. The van der Waals surface area contributed by atoms with Crippen LogP contribution in [0.5, 0.6) is 0 Å². The highest BCUT2D eigenvalue weighted by molar-refractivity contribution is 9.10. The highest BCUT2D eigenvalue weighted by Gasteiger charge is 2.38. The zero-order valence-electron chi connectivity index (χ0n) is 10.2. The van der Waals surface area contributed by atoms with E-state index in [-0.39, 0.29) is 5.54 Å². The van der Waals surface area contributed by atoms with Crippen molar-refractivity contribution >= 4 is 27.6 Å². The van der Waals surface area contributed by atoms with E-state index < -0.39 is 0 Å². The maximum Gasteiger partial charge on any atom is 0.146 e. The Balaban J connectivity index is 2.04. The average molecular weight is 300 g/mol. The number of nitrogens with zero attached hydrogens (tertiary/aromatic N) is 3. The van der Waals surface area contributed by atoms with E-state index in [9.17, 15) is 0 Å². The van der Waals surface area contributed by atoms with Crippen LogP contribution in [-0.4, -0.2) is 41.0 Å². The molecule has 0 atom stereocenters. The van der Waals surface area contributed by atoms with Gasteiger partial charge in [-0.2, -0.15) is 0 Å². The summed E-state index contributed by atoms with van der Waals surface area (Å²) in [6, 6.07) is 0. The summed E-state index contributed by atoms with van der Waals surface area (Å²) in [4.78, 5) is 10.4. The molecule has 17 heavy (non-hydrogen) atoms. The molecule has 0 unspecified atom stereocenters. The number of aromatic nitrogens is 2. The molecular weight excluding hydrogens is 282 g/mol. The van der Waals surface area contributed by atoms with Crippen molar-refractivity contribution in [3.8, 4) is 0 Å². The maximum atomic E-state index is 5.72. The van der Waals surface area contributed by atoms with E-state index in [0.29, 0.717) is 5.82 Å². The Hall–Kier alpha value is -0.880. The van der Waals surface area contributed by atoms with E-state index >= 15 is 0 Å². The van der Waals surface area contributed by atoms with Crippen LogP contribution < -0.4 is 11.1 Å². The quantitative estimate of drug-likeness (QED) is 0.886. The number of nitrogens with one attached hydrogen (secondary N) is 1. The highest BCUT2D eigenvalue weighted by Crippen LogP contribution is 2.36. The van der Waals surface area contributed by atoms with Crippen molar-refractivity contribution in [2.45, 2.75) is 24.8 Å². The Kier molecular flexibility index (Phi) is 3.53. The first-order valence-corrected chi connectivity index (χ1v) is 6.52. The summed E-state index contributed by atoms with van der Waals surface area (Å²) in [7, 11) is 4.26. The summed E-state index contributed by atoms with van der Waals surface area (Å²) < 4.78 is 0.744. The number of nitrogens with two attached hydrogens (primary N) is 1. The van der Waals surface area contributed by atoms with Gasteiger partial charge in [0.2, 0.25) is 0 Å². The van der Waals surface area contributed by atoms with Gasteiger partial charge >= 0.3 is 0 Å². The third-order valence-corrected chi connectivity index (χ3v) is 4.42. The molecule has 1 fully saturated rings. The number of hydrogen-bond acceptors (Lipinski definition) is 5. The first kappa shape index (κ1) is 12.6. The Labute approximate surface area is 110 Å². The number of anilines is 2. The molecule has 2 rings (SSSR count). The summed E-state index contributed by atoms with van der Waals surface area (Å²) in [5.74, 6) is 1.24. The van der Waals surface area contributed by atoms with Crippen molar-refractivity contribution in [1.29, 1.82) is 0 Å². The highest BCUT2D eigenvalue weighted by atomic mass is 79.9. The van der Waals surface area contributed by atoms with Gasteiger partial charge in [0.1, 0.15) is 22.4 Å². The smallest absolute Gasteiger partial charge is 0.146 e. The van der Waals surface area contributed by atoms with Crippen LogP contribution in [0.4, 0.5) is 11.6 Å². The molecule has 3 N–H and O–H groups in total. The van der Waals surface area contributed by atoms with Crippen LogP contribution in [0.25, 0.3) is 0 Å². The Morgan fingerprint density at radius 1 is 1.47 bits per heavy atom. The molecule has 5 nitrogen and oxygen atoms in total. The van der Waals surface area contributed by atoms with Crippen LogP contribution in [0.3, 0.4) is 0 Å². The minimum absolute atomic E-state index is 0.263. The SMILES string of the molecule is CN(C)C1(CNc2ncnc(N)c2Br)CCC1. The van der Waals surface area contributed by atoms with Crippen LogP contribution in [0, 0.1) is 0 Å². The van der Waals surface area contributed by atoms with Gasteiger partial charge in [-0.15, -0.1) is 0 Å². The van der Waals surface area contributed by atoms with Crippen molar-refractivity contribution in [3.63, 3.8) is 0 Å². The molecular formula is C11H18BrN5. The van der Waals surface area contributed by atoms with Gasteiger partial charge in [0.15, 0.2) is 0 Å². The molecule has 0 aliphatic heterocycles. The van der Waals surface area contributed by atoms with E-state index in [1.54, 1.807) is 0 Å². The van der Waals surface area contributed by atoms with Crippen molar-refractivity contribution < 1.29 is 0 Å². The number of hydrogen-bond donors (Lipinski definition) is 2. The predicted octanol–water partition coefficient (Wildman–Crippen LogP) is 1.72. The van der Waals surface area contributed by atoms with Gasteiger partial charge < -0.3 is 16.0 Å². The fraction of sp³-hybridized carbons (Fsp3) is 0.636. The summed E-state index contributed by atoms with van der Waals surface area (Å²) in [6.45, 7) is 0.884. The summed E-state index contributed by atoms with van der Waals surface area (Å²) >= 11 is 3.40. The average Bonchev–Trinajstić information content (AvgIpc) is 2.22. The largest absolute Gasteiger partial charge is 0.383 e. The lowest BCUT2D eigenvalue weighted by Gasteiger charge is -2.47. The molecule has 0 spiro atoms. The number of rotatable bonds is 4. The van der Waals surface area contributed by atoms with Gasteiger partial charge in [-0.1, -0.05) is 0 Å². The van der Waals surface area contributed by atoms with Gasteiger partial charge in [0.05, 0.1) is 0 Å². The third-order valence-electron chi connectivity index (χ3n) is 3.63. The fourth-order valence-corrected chi connectivity index (χ4v) is 2.47. The Morgan fingerprint density at radius 3 is 2.71 bits per heavy atom. The topological polar surface area (TPSA) is 67.1 Å². The second-order valence-electron chi connectivity index (χ2n) is 4.75. The minimum atomic E-state index is 0.263. The van der Waals surface area contributed by atoms with Gasteiger partial charge in [-0.25, -0.2) is 9.97 Å². The lowest BCUT2D eigenvalue weighted by molar-refractivity contribution is 0.0738. The molecule has 1 aliphatic rings. The van der Waals surface area contributed by atoms with Gasteiger partial charge in [-0.05, 0) is 49.3 Å². The second-order valence-corrected chi connectivity index (χ2v) is 5.54. The first-order chi connectivity index (χ1) is 8.05. The summed E-state index contributed by atoms with van der Waals surface area (Å²) in [5.41, 5.74) is 5.98. The Morgan fingerprint density at radius 2 is 2.18 bits per heavy atom. The van der Waals surface area contributed by atoms with Crippen LogP contribution in [0.15, 0.2) is 10.8 Å². The zero-order valence-corrected chi connectivity index (χ0v) is 11.8. The van der Waals surface area contributed by atoms with Crippen LogP contribution in [0.1, 0.15) is 19.3 Å².